The zero-order valence-corrected chi connectivity index (χ0v) is 24.4. The molecule has 0 radical (unpaired) electrons. The molecule has 7 nitrogen and oxygen atoms in total. The molecule has 2 saturated heterocycles. The number of nitrogens with zero attached hydrogens (tertiary/aromatic N) is 3. The van der Waals surface area contributed by atoms with E-state index >= 15 is 0 Å². The topological polar surface area (TPSA) is 65.1 Å². The van der Waals surface area contributed by atoms with Crippen molar-refractivity contribution in [3.05, 3.63) is 83.4 Å². The summed E-state index contributed by atoms with van der Waals surface area (Å²) >= 11 is 0. The highest BCUT2D eigenvalue weighted by molar-refractivity contribution is 6.06. The summed E-state index contributed by atoms with van der Waals surface area (Å²) in [6.07, 6.45) is 6.53. The molecule has 3 aromatic carbocycles. The maximum atomic E-state index is 13.8. The zero-order valence-electron chi connectivity index (χ0n) is 24.4. The number of unbranched alkanes of at least 4 members (excludes halogenated alkanes) is 1. The number of rotatable bonds is 9. The monoisotopic (exact) mass is 554 g/mol. The predicted molar refractivity (Wildman–Crippen MR) is 167 cm³/mol. The molecule has 2 aliphatic rings. The molecular weight excluding hydrogens is 512 g/mol. The number of methoxy groups -OCH3 is 1. The number of aryl methyl sites for hydroxylation is 1. The van der Waals surface area contributed by atoms with Crippen LogP contribution in [-0.4, -0.2) is 63.1 Å². The third-order valence-corrected chi connectivity index (χ3v) is 8.21. The lowest BCUT2D eigenvalue weighted by molar-refractivity contribution is 0.0724. The van der Waals surface area contributed by atoms with E-state index in [1.807, 2.05) is 65.6 Å². The van der Waals surface area contributed by atoms with Crippen molar-refractivity contribution in [2.45, 2.75) is 45.4 Å². The molecule has 41 heavy (non-hydrogen) atoms. The minimum atomic E-state index is -0.165. The second-order valence-corrected chi connectivity index (χ2v) is 11.0. The van der Waals surface area contributed by atoms with Gasteiger partial charge in [0.1, 0.15) is 5.75 Å². The van der Waals surface area contributed by atoms with Crippen molar-refractivity contribution in [1.29, 1.82) is 0 Å². The number of benzene rings is 3. The number of nitrogens with one attached hydrogen (secondary N) is 1. The second-order valence-electron chi connectivity index (χ2n) is 11.0. The summed E-state index contributed by atoms with van der Waals surface area (Å²) in [6, 6.07) is 21.7. The number of carbonyl (C=O) groups excluding carboxylic acids is 2. The van der Waals surface area contributed by atoms with E-state index < -0.39 is 0 Å². The third kappa shape index (κ3) is 6.84. The Morgan fingerprint density at radius 3 is 2.17 bits per heavy atom. The average molecular weight is 555 g/mol. The Morgan fingerprint density at radius 2 is 1.49 bits per heavy atom. The Morgan fingerprint density at radius 1 is 0.805 bits per heavy atom. The Labute approximate surface area is 244 Å². The highest BCUT2D eigenvalue weighted by Gasteiger charge is 2.26. The molecule has 0 aromatic heterocycles. The number of piperazine rings is 1. The molecule has 0 saturated carbocycles. The molecule has 0 unspecified atom stereocenters. The predicted octanol–water partition coefficient (Wildman–Crippen LogP) is 6.24. The number of likely N-dealkylation sites (tertiary alicyclic amines) is 1. The summed E-state index contributed by atoms with van der Waals surface area (Å²) in [5.41, 5.74) is 5.18. The molecule has 7 heteroatoms. The summed E-state index contributed by atoms with van der Waals surface area (Å²) in [5, 5.41) is 3.04. The van der Waals surface area contributed by atoms with Gasteiger partial charge in [0.15, 0.2) is 0 Å². The largest absolute Gasteiger partial charge is 0.495 e. The smallest absolute Gasteiger partial charge is 0.256 e. The number of carbonyl (C=O) groups is 2. The van der Waals surface area contributed by atoms with Crippen molar-refractivity contribution < 1.29 is 14.3 Å². The fourth-order valence-corrected chi connectivity index (χ4v) is 5.81. The van der Waals surface area contributed by atoms with Gasteiger partial charge in [-0.3, -0.25) is 9.59 Å². The number of piperidine rings is 1. The van der Waals surface area contributed by atoms with E-state index in [4.69, 9.17) is 4.74 Å². The van der Waals surface area contributed by atoms with Crippen molar-refractivity contribution in [1.82, 2.24) is 4.90 Å². The van der Waals surface area contributed by atoms with Crippen LogP contribution in [-0.2, 0) is 6.42 Å². The van der Waals surface area contributed by atoms with Gasteiger partial charge in [0, 0.05) is 56.2 Å². The second kappa shape index (κ2) is 13.6. The van der Waals surface area contributed by atoms with Crippen LogP contribution in [0.3, 0.4) is 0 Å². The number of anilines is 3. The maximum Gasteiger partial charge on any atom is 0.256 e. The van der Waals surface area contributed by atoms with Crippen LogP contribution in [0.15, 0.2) is 66.7 Å². The summed E-state index contributed by atoms with van der Waals surface area (Å²) in [6.45, 7) is 6.96. The van der Waals surface area contributed by atoms with Crippen LogP contribution >= 0.6 is 0 Å². The normalized spacial score (nSPS) is 15.5. The molecule has 2 amide bonds. The van der Waals surface area contributed by atoms with Crippen molar-refractivity contribution in [3.8, 4) is 5.75 Å². The molecule has 2 heterocycles. The molecule has 0 atom stereocenters. The van der Waals surface area contributed by atoms with E-state index in [0.29, 0.717) is 16.8 Å². The van der Waals surface area contributed by atoms with Crippen molar-refractivity contribution in [3.63, 3.8) is 0 Å². The summed E-state index contributed by atoms with van der Waals surface area (Å²) in [4.78, 5) is 33.5. The van der Waals surface area contributed by atoms with Crippen LogP contribution in [0, 0.1) is 0 Å². The van der Waals surface area contributed by atoms with E-state index in [1.54, 1.807) is 7.11 Å². The Kier molecular flexibility index (Phi) is 9.44. The lowest BCUT2D eigenvalue weighted by Gasteiger charge is -2.39. The van der Waals surface area contributed by atoms with Crippen LogP contribution < -0.4 is 19.9 Å². The van der Waals surface area contributed by atoms with Gasteiger partial charge in [0.25, 0.3) is 11.8 Å². The highest BCUT2D eigenvalue weighted by Crippen LogP contribution is 2.32. The molecule has 0 aliphatic carbocycles. The lowest BCUT2D eigenvalue weighted by atomic mass is 10.0. The van der Waals surface area contributed by atoms with Crippen molar-refractivity contribution in [2.75, 3.05) is 61.5 Å². The van der Waals surface area contributed by atoms with E-state index in [1.165, 1.54) is 5.56 Å². The van der Waals surface area contributed by atoms with Crippen LogP contribution in [0.4, 0.5) is 17.1 Å². The maximum absolute atomic E-state index is 13.8. The molecular formula is C34H42N4O3. The quantitative estimate of drug-likeness (QED) is 0.339. The third-order valence-electron chi connectivity index (χ3n) is 8.21. The number of hydrogen-bond donors (Lipinski definition) is 1. The average Bonchev–Trinajstić information content (AvgIpc) is 3.04. The van der Waals surface area contributed by atoms with Gasteiger partial charge in [-0.05, 0) is 80.1 Å². The molecule has 1 N–H and O–H groups in total. The van der Waals surface area contributed by atoms with Gasteiger partial charge in [0.05, 0.1) is 18.4 Å². The van der Waals surface area contributed by atoms with E-state index in [2.05, 4.69) is 28.1 Å². The molecule has 0 spiro atoms. The van der Waals surface area contributed by atoms with Crippen LogP contribution in [0.2, 0.25) is 0 Å². The van der Waals surface area contributed by atoms with Gasteiger partial charge < -0.3 is 24.8 Å². The van der Waals surface area contributed by atoms with Gasteiger partial charge >= 0.3 is 0 Å². The number of para-hydroxylation sites is 2. The van der Waals surface area contributed by atoms with Crippen molar-refractivity contribution >= 4 is 28.9 Å². The first-order valence-electron chi connectivity index (χ1n) is 15.0. The SMILES string of the molecule is CCCCc1ccc(C(=O)Nc2ccc(N3CCN(c4ccccc4OC)CC3)c(C(=O)N3CCCCC3)c2)cc1. The molecule has 5 rings (SSSR count). The summed E-state index contributed by atoms with van der Waals surface area (Å²) in [5.74, 6) is 0.752. The van der Waals surface area contributed by atoms with Gasteiger partial charge in [-0.25, -0.2) is 0 Å². The van der Waals surface area contributed by atoms with E-state index in [-0.39, 0.29) is 11.8 Å². The van der Waals surface area contributed by atoms with Gasteiger partial charge in [-0.2, -0.15) is 0 Å². The Hall–Kier alpha value is -4.00. The van der Waals surface area contributed by atoms with E-state index in [0.717, 1.165) is 94.9 Å². The molecule has 2 aliphatic heterocycles. The number of amides is 2. The minimum Gasteiger partial charge on any atom is -0.495 e. The summed E-state index contributed by atoms with van der Waals surface area (Å²) < 4.78 is 5.59. The fraction of sp³-hybridized carbons (Fsp3) is 0.412. The van der Waals surface area contributed by atoms with E-state index in [9.17, 15) is 9.59 Å². The molecule has 216 valence electrons. The first-order chi connectivity index (χ1) is 20.1. The molecule has 3 aromatic rings. The van der Waals surface area contributed by atoms with Gasteiger partial charge in [-0.15, -0.1) is 0 Å². The zero-order chi connectivity index (χ0) is 28.6. The number of ether oxygens (including phenoxy) is 1. The van der Waals surface area contributed by atoms with Crippen molar-refractivity contribution in [2.24, 2.45) is 0 Å². The standard InChI is InChI=1S/C34H42N4O3/c1-3-4-10-26-13-15-27(16-14-26)33(39)35-28-17-18-30(29(25-28)34(40)38-19-8-5-9-20-38)36-21-23-37(24-22-36)31-11-6-7-12-32(31)41-2/h6-7,11-18,25H,3-5,8-10,19-24H2,1-2H3,(H,35,39). The first kappa shape index (κ1) is 28.5. The summed E-state index contributed by atoms with van der Waals surface area (Å²) in [7, 11) is 1.70. The van der Waals surface area contributed by atoms with Gasteiger partial charge in [-0.1, -0.05) is 37.6 Å². The Bertz CT molecular complexity index is 1330. The first-order valence-corrected chi connectivity index (χ1v) is 15.0. The molecule has 0 bridgehead atoms. The van der Waals surface area contributed by atoms with Crippen LogP contribution in [0.5, 0.6) is 5.75 Å². The minimum absolute atomic E-state index is 0.0447. The van der Waals surface area contributed by atoms with Crippen LogP contribution in [0.25, 0.3) is 0 Å². The van der Waals surface area contributed by atoms with Crippen LogP contribution in [0.1, 0.15) is 65.3 Å². The van der Waals surface area contributed by atoms with Gasteiger partial charge in [0.2, 0.25) is 0 Å². The lowest BCUT2D eigenvalue weighted by Crippen LogP contribution is -2.47. The highest BCUT2D eigenvalue weighted by atomic mass is 16.5. The molecule has 2 fully saturated rings. The Balaban J connectivity index is 1.34. The number of hydrogen-bond acceptors (Lipinski definition) is 5. The fourth-order valence-electron chi connectivity index (χ4n) is 5.81.